The van der Waals surface area contributed by atoms with Crippen molar-refractivity contribution >= 4 is 0 Å². The number of nitrogens with one attached hydrogen (secondary N) is 2. The van der Waals surface area contributed by atoms with Gasteiger partial charge in [0.2, 0.25) is 0 Å². The fourth-order valence-corrected chi connectivity index (χ4v) is 3.53. The average molecular weight is 318 g/mol. The third-order valence-corrected chi connectivity index (χ3v) is 4.81. The van der Waals surface area contributed by atoms with Crippen molar-refractivity contribution in [3.63, 3.8) is 0 Å². The number of rotatable bonds is 4. The minimum atomic E-state index is 0.718. The van der Waals surface area contributed by atoms with Crippen LogP contribution in [0.25, 0.3) is 22.4 Å². The van der Waals surface area contributed by atoms with Gasteiger partial charge in [0.05, 0.1) is 0 Å². The molecule has 0 bridgehead atoms. The van der Waals surface area contributed by atoms with Crippen LogP contribution in [0.3, 0.4) is 0 Å². The normalized spacial score (nSPS) is 15.5. The molecular formula is C20H22N4. The highest BCUT2D eigenvalue weighted by Gasteiger charge is 2.21. The van der Waals surface area contributed by atoms with Gasteiger partial charge in [-0.2, -0.15) is 5.10 Å². The molecule has 24 heavy (non-hydrogen) atoms. The molecule has 0 atom stereocenters. The molecule has 0 unspecified atom stereocenters. The Morgan fingerprint density at radius 2 is 1.67 bits per heavy atom. The number of piperidine rings is 1. The molecule has 4 heteroatoms. The summed E-state index contributed by atoms with van der Waals surface area (Å²) >= 11 is 0. The van der Waals surface area contributed by atoms with E-state index in [0.29, 0.717) is 0 Å². The van der Waals surface area contributed by atoms with E-state index in [0.717, 1.165) is 36.7 Å². The maximum Gasteiger partial charge on any atom is 0.100 e. The molecule has 1 aliphatic rings. The molecule has 2 aromatic heterocycles. The van der Waals surface area contributed by atoms with Crippen molar-refractivity contribution < 1.29 is 0 Å². The molecule has 4 nitrogen and oxygen atoms in total. The lowest BCUT2D eigenvalue weighted by Gasteiger charge is -2.22. The summed E-state index contributed by atoms with van der Waals surface area (Å²) in [5.41, 5.74) is 5.83. The summed E-state index contributed by atoms with van der Waals surface area (Å²) in [5.74, 6) is 0.718. The number of aromatic amines is 1. The Kier molecular flexibility index (Phi) is 4.38. The standard InChI is InChI=1S/C20H22N4/c1-2-4-17(5-3-1)20-19(16-8-12-22-13-9-16)18(23-24-20)14-15-6-10-21-11-7-15/h1-5,8-9,12-13,15,21H,6-7,10-11,14H2,(H,23,24). The number of nitrogens with zero attached hydrogens (tertiary/aromatic N) is 2. The molecule has 3 heterocycles. The maximum absolute atomic E-state index is 4.67. The molecule has 0 saturated carbocycles. The summed E-state index contributed by atoms with van der Waals surface area (Å²) in [5, 5.41) is 11.4. The van der Waals surface area contributed by atoms with E-state index in [1.165, 1.54) is 29.7 Å². The van der Waals surface area contributed by atoms with E-state index < -0.39 is 0 Å². The molecule has 0 amide bonds. The average Bonchev–Trinajstić information content (AvgIpc) is 3.07. The molecule has 4 rings (SSSR count). The van der Waals surface area contributed by atoms with Crippen molar-refractivity contribution in [1.29, 1.82) is 0 Å². The summed E-state index contributed by atoms with van der Waals surface area (Å²) < 4.78 is 0. The number of benzene rings is 1. The fraction of sp³-hybridized carbons (Fsp3) is 0.300. The lowest BCUT2D eigenvalue weighted by Crippen LogP contribution is -2.28. The predicted molar refractivity (Wildman–Crippen MR) is 96.6 cm³/mol. The van der Waals surface area contributed by atoms with Gasteiger partial charge < -0.3 is 5.32 Å². The van der Waals surface area contributed by atoms with Gasteiger partial charge in [-0.1, -0.05) is 30.3 Å². The zero-order valence-corrected chi connectivity index (χ0v) is 13.7. The minimum absolute atomic E-state index is 0.718. The molecule has 122 valence electrons. The summed E-state index contributed by atoms with van der Waals surface area (Å²) in [6, 6.07) is 14.6. The maximum atomic E-state index is 4.67. The van der Waals surface area contributed by atoms with E-state index in [1.807, 2.05) is 18.5 Å². The molecule has 0 aliphatic carbocycles. The minimum Gasteiger partial charge on any atom is -0.317 e. The lowest BCUT2D eigenvalue weighted by molar-refractivity contribution is 0.370. The molecule has 1 aliphatic heterocycles. The summed E-state index contributed by atoms with van der Waals surface area (Å²) in [7, 11) is 0. The van der Waals surface area contributed by atoms with Gasteiger partial charge in [-0.3, -0.25) is 10.1 Å². The van der Waals surface area contributed by atoms with Crippen LogP contribution in [0.5, 0.6) is 0 Å². The van der Waals surface area contributed by atoms with Crippen molar-refractivity contribution in [3.05, 3.63) is 60.6 Å². The van der Waals surface area contributed by atoms with Crippen LogP contribution in [0.4, 0.5) is 0 Å². The monoisotopic (exact) mass is 318 g/mol. The smallest absolute Gasteiger partial charge is 0.100 e. The summed E-state index contributed by atoms with van der Waals surface area (Å²) in [4.78, 5) is 4.16. The molecule has 1 fully saturated rings. The van der Waals surface area contributed by atoms with Gasteiger partial charge in [0.25, 0.3) is 0 Å². The molecule has 0 spiro atoms. The number of pyridine rings is 1. The third-order valence-electron chi connectivity index (χ3n) is 4.81. The van der Waals surface area contributed by atoms with E-state index in [-0.39, 0.29) is 0 Å². The number of H-pyrrole nitrogens is 1. The third kappa shape index (κ3) is 3.10. The van der Waals surface area contributed by atoms with Crippen molar-refractivity contribution in [2.45, 2.75) is 19.3 Å². The van der Waals surface area contributed by atoms with Crippen molar-refractivity contribution in [2.75, 3.05) is 13.1 Å². The first-order valence-electron chi connectivity index (χ1n) is 8.65. The first-order valence-corrected chi connectivity index (χ1v) is 8.65. The second-order valence-electron chi connectivity index (χ2n) is 6.43. The van der Waals surface area contributed by atoms with Crippen LogP contribution in [0.2, 0.25) is 0 Å². The Morgan fingerprint density at radius 3 is 2.42 bits per heavy atom. The molecule has 1 saturated heterocycles. The van der Waals surface area contributed by atoms with Gasteiger partial charge in [-0.05, 0) is 56.0 Å². The topological polar surface area (TPSA) is 53.6 Å². The number of hydrogen-bond donors (Lipinski definition) is 2. The van der Waals surface area contributed by atoms with E-state index in [2.05, 4.69) is 56.9 Å². The van der Waals surface area contributed by atoms with Gasteiger partial charge in [0.15, 0.2) is 0 Å². The highest BCUT2D eigenvalue weighted by Crippen LogP contribution is 2.34. The SMILES string of the molecule is c1ccc(-c2n[nH]c(CC3CCNCC3)c2-c2ccncc2)cc1. The molecule has 1 aromatic carbocycles. The van der Waals surface area contributed by atoms with Crippen LogP contribution < -0.4 is 5.32 Å². The van der Waals surface area contributed by atoms with Crippen molar-refractivity contribution in [2.24, 2.45) is 5.92 Å². The molecule has 0 radical (unpaired) electrons. The molecular weight excluding hydrogens is 296 g/mol. The van der Waals surface area contributed by atoms with Crippen LogP contribution in [-0.2, 0) is 6.42 Å². The van der Waals surface area contributed by atoms with Crippen LogP contribution in [0.1, 0.15) is 18.5 Å². The summed E-state index contributed by atoms with van der Waals surface area (Å²) in [6.07, 6.45) is 7.22. The highest BCUT2D eigenvalue weighted by atomic mass is 15.1. The highest BCUT2D eigenvalue weighted by molar-refractivity contribution is 5.82. The molecule has 3 aromatic rings. The van der Waals surface area contributed by atoms with Crippen LogP contribution >= 0.6 is 0 Å². The van der Waals surface area contributed by atoms with Crippen LogP contribution in [0, 0.1) is 5.92 Å². The fourth-order valence-electron chi connectivity index (χ4n) is 3.53. The number of aromatic nitrogens is 3. The number of hydrogen-bond acceptors (Lipinski definition) is 3. The van der Waals surface area contributed by atoms with Gasteiger partial charge in [0, 0.05) is 29.2 Å². The second kappa shape index (κ2) is 6.97. The van der Waals surface area contributed by atoms with E-state index in [4.69, 9.17) is 0 Å². The van der Waals surface area contributed by atoms with Crippen molar-refractivity contribution in [3.8, 4) is 22.4 Å². The Morgan fingerprint density at radius 1 is 0.917 bits per heavy atom. The van der Waals surface area contributed by atoms with E-state index in [9.17, 15) is 0 Å². The van der Waals surface area contributed by atoms with Crippen LogP contribution in [-0.4, -0.2) is 28.3 Å². The Balaban J connectivity index is 1.75. The van der Waals surface area contributed by atoms with Gasteiger partial charge in [0.1, 0.15) is 5.69 Å². The zero-order valence-electron chi connectivity index (χ0n) is 13.7. The van der Waals surface area contributed by atoms with Crippen LogP contribution in [0.15, 0.2) is 54.9 Å². The summed E-state index contributed by atoms with van der Waals surface area (Å²) in [6.45, 7) is 2.24. The first-order chi connectivity index (χ1) is 11.9. The lowest BCUT2D eigenvalue weighted by atomic mass is 9.89. The van der Waals surface area contributed by atoms with Gasteiger partial charge in [-0.25, -0.2) is 0 Å². The molecule has 2 N–H and O–H groups in total. The Labute approximate surface area is 142 Å². The first kappa shape index (κ1) is 15.1. The van der Waals surface area contributed by atoms with Gasteiger partial charge >= 0.3 is 0 Å². The Bertz CT molecular complexity index is 774. The second-order valence-corrected chi connectivity index (χ2v) is 6.43. The zero-order chi connectivity index (χ0) is 16.2. The van der Waals surface area contributed by atoms with E-state index in [1.54, 1.807) is 0 Å². The predicted octanol–water partition coefficient (Wildman–Crippen LogP) is 3.68. The van der Waals surface area contributed by atoms with E-state index >= 15 is 0 Å². The van der Waals surface area contributed by atoms with Gasteiger partial charge in [-0.15, -0.1) is 0 Å². The van der Waals surface area contributed by atoms with Crippen molar-refractivity contribution in [1.82, 2.24) is 20.5 Å². The largest absolute Gasteiger partial charge is 0.317 e. The quantitative estimate of drug-likeness (QED) is 0.771. The Hall–Kier alpha value is -2.46.